The summed E-state index contributed by atoms with van der Waals surface area (Å²) in [7, 11) is 0. The zero-order chi connectivity index (χ0) is 12.5. The van der Waals surface area contributed by atoms with Crippen LogP contribution in [0.2, 0.25) is 0 Å². The van der Waals surface area contributed by atoms with Gasteiger partial charge in [0.25, 0.3) is 0 Å². The number of hydrogen-bond acceptors (Lipinski definition) is 3. The van der Waals surface area contributed by atoms with Gasteiger partial charge in [-0.25, -0.2) is 0 Å². The van der Waals surface area contributed by atoms with Gasteiger partial charge in [-0.1, -0.05) is 6.92 Å². The van der Waals surface area contributed by atoms with Crippen LogP contribution in [0.5, 0.6) is 0 Å². The third-order valence-electron chi connectivity index (χ3n) is 4.41. The summed E-state index contributed by atoms with van der Waals surface area (Å²) >= 11 is 5.42. The second-order valence-electron chi connectivity index (χ2n) is 5.58. The number of rotatable bonds is 3. The van der Waals surface area contributed by atoms with Crippen LogP contribution in [0, 0.1) is 4.77 Å². The number of fused-ring (bicyclic) bond motifs is 1. The summed E-state index contributed by atoms with van der Waals surface area (Å²) in [5.41, 5.74) is 0. The molecule has 5 heteroatoms. The second-order valence-corrected chi connectivity index (χ2v) is 5.96. The van der Waals surface area contributed by atoms with Crippen LogP contribution in [0.3, 0.4) is 0 Å². The van der Waals surface area contributed by atoms with E-state index in [0.717, 1.165) is 29.5 Å². The first-order chi connectivity index (χ1) is 8.79. The molecular weight excluding hydrogens is 244 g/mol. The lowest BCUT2D eigenvalue weighted by atomic mass is 9.97. The van der Waals surface area contributed by atoms with Gasteiger partial charge >= 0.3 is 0 Å². The van der Waals surface area contributed by atoms with Crippen molar-refractivity contribution < 1.29 is 0 Å². The Morgan fingerprint density at radius 3 is 3.06 bits per heavy atom. The molecule has 3 rings (SSSR count). The third-order valence-corrected chi connectivity index (χ3v) is 4.70. The van der Waals surface area contributed by atoms with E-state index in [1.165, 1.54) is 38.8 Å². The van der Waals surface area contributed by atoms with E-state index >= 15 is 0 Å². The molecule has 2 fully saturated rings. The lowest BCUT2D eigenvalue weighted by molar-refractivity contribution is 0.153. The van der Waals surface area contributed by atoms with Gasteiger partial charge in [-0.15, -0.1) is 0 Å². The van der Waals surface area contributed by atoms with E-state index in [0.29, 0.717) is 6.04 Å². The molecule has 1 aromatic rings. The van der Waals surface area contributed by atoms with E-state index in [9.17, 15) is 0 Å². The Morgan fingerprint density at radius 2 is 2.22 bits per heavy atom. The van der Waals surface area contributed by atoms with E-state index in [2.05, 4.69) is 26.6 Å². The first-order valence-electron chi connectivity index (χ1n) is 7.19. The highest BCUT2D eigenvalue weighted by molar-refractivity contribution is 7.71. The summed E-state index contributed by atoms with van der Waals surface area (Å²) in [5, 5.41) is 7.38. The van der Waals surface area contributed by atoms with E-state index in [1.54, 1.807) is 0 Å². The largest absolute Gasteiger partial charge is 0.301 e. The molecule has 0 spiro atoms. The Balaban J connectivity index is 1.82. The fraction of sp³-hybridized carbons (Fsp3) is 0.846. The molecule has 1 N–H and O–H groups in total. The van der Waals surface area contributed by atoms with Crippen LogP contribution in [0.4, 0.5) is 0 Å². The van der Waals surface area contributed by atoms with Gasteiger partial charge in [0.15, 0.2) is 4.77 Å². The summed E-state index contributed by atoms with van der Waals surface area (Å²) in [5.74, 6) is 1.15. The Morgan fingerprint density at radius 1 is 1.33 bits per heavy atom. The zero-order valence-corrected chi connectivity index (χ0v) is 11.9. The maximum absolute atomic E-state index is 5.42. The normalized spacial score (nSPS) is 28.5. The van der Waals surface area contributed by atoms with Crippen LogP contribution in [0.1, 0.15) is 50.9 Å². The van der Waals surface area contributed by atoms with Gasteiger partial charge in [0.05, 0.1) is 0 Å². The molecule has 2 aliphatic rings. The first kappa shape index (κ1) is 12.4. The van der Waals surface area contributed by atoms with Crippen molar-refractivity contribution in [2.75, 3.05) is 13.1 Å². The van der Waals surface area contributed by atoms with Crippen molar-refractivity contribution in [1.82, 2.24) is 19.7 Å². The molecule has 0 aliphatic carbocycles. The number of nitrogens with zero attached hydrogens (tertiary/aromatic N) is 3. The summed E-state index contributed by atoms with van der Waals surface area (Å²) in [6.45, 7) is 4.73. The predicted molar refractivity (Wildman–Crippen MR) is 74.3 cm³/mol. The number of piperidine rings is 1. The molecule has 2 saturated heterocycles. The molecule has 1 aromatic heterocycles. The van der Waals surface area contributed by atoms with Crippen molar-refractivity contribution in [1.29, 1.82) is 0 Å². The standard InChI is InChI=1S/C13H22N4S/c1-2-4-12-14-15-13(18)17(12)11-6-8-16-7-3-5-10(16)9-11/h10-11H,2-9H2,1H3,(H,15,18). The quantitative estimate of drug-likeness (QED) is 0.855. The van der Waals surface area contributed by atoms with Crippen LogP contribution < -0.4 is 0 Å². The number of aromatic amines is 1. The van der Waals surface area contributed by atoms with E-state index in [4.69, 9.17) is 12.2 Å². The minimum absolute atomic E-state index is 0.567. The molecular formula is C13H22N4S. The molecule has 4 nitrogen and oxygen atoms in total. The fourth-order valence-electron chi connectivity index (χ4n) is 3.55. The summed E-state index contributed by atoms with van der Waals surface area (Å²) in [6.07, 6.45) is 7.37. The number of aryl methyl sites for hydroxylation is 1. The average Bonchev–Trinajstić information content (AvgIpc) is 2.96. The van der Waals surface area contributed by atoms with Crippen LogP contribution in [0.15, 0.2) is 0 Å². The maximum atomic E-state index is 5.42. The van der Waals surface area contributed by atoms with Crippen LogP contribution >= 0.6 is 12.2 Å². The molecule has 0 radical (unpaired) electrons. The summed E-state index contributed by atoms with van der Waals surface area (Å²) in [4.78, 5) is 2.65. The van der Waals surface area contributed by atoms with Crippen LogP contribution in [0.25, 0.3) is 0 Å². The molecule has 2 atom stereocenters. The first-order valence-corrected chi connectivity index (χ1v) is 7.60. The van der Waals surface area contributed by atoms with Gasteiger partial charge in [-0.05, 0) is 50.9 Å². The van der Waals surface area contributed by atoms with Gasteiger partial charge in [0.2, 0.25) is 0 Å². The van der Waals surface area contributed by atoms with Crippen LogP contribution in [-0.2, 0) is 6.42 Å². The van der Waals surface area contributed by atoms with Crippen molar-refractivity contribution in [3.8, 4) is 0 Å². The molecule has 0 bridgehead atoms. The molecule has 2 aliphatic heterocycles. The summed E-state index contributed by atoms with van der Waals surface area (Å²) in [6, 6.07) is 1.35. The molecule has 100 valence electrons. The topological polar surface area (TPSA) is 36.9 Å². The molecule has 3 heterocycles. The van der Waals surface area contributed by atoms with Gasteiger partial charge in [-0.3, -0.25) is 5.10 Å². The second kappa shape index (κ2) is 5.13. The van der Waals surface area contributed by atoms with Gasteiger partial charge in [0.1, 0.15) is 5.82 Å². The highest BCUT2D eigenvalue weighted by Gasteiger charge is 2.33. The van der Waals surface area contributed by atoms with Gasteiger partial charge in [-0.2, -0.15) is 5.10 Å². The average molecular weight is 266 g/mol. The highest BCUT2D eigenvalue weighted by atomic mass is 32.1. The van der Waals surface area contributed by atoms with E-state index in [-0.39, 0.29) is 0 Å². The minimum Gasteiger partial charge on any atom is -0.301 e. The highest BCUT2D eigenvalue weighted by Crippen LogP contribution is 2.33. The molecule has 18 heavy (non-hydrogen) atoms. The Hall–Kier alpha value is -0.680. The van der Waals surface area contributed by atoms with E-state index in [1.807, 2.05) is 0 Å². The van der Waals surface area contributed by atoms with Crippen LogP contribution in [-0.4, -0.2) is 38.8 Å². The number of aromatic nitrogens is 3. The molecule has 0 amide bonds. The molecule has 0 aromatic carbocycles. The van der Waals surface area contributed by atoms with Gasteiger partial charge < -0.3 is 9.47 Å². The number of H-pyrrole nitrogens is 1. The third kappa shape index (κ3) is 2.14. The Labute approximate surface area is 113 Å². The maximum Gasteiger partial charge on any atom is 0.195 e. The summed E-state index contributed by atoms with van der Waals surface area (Å²) < 4.78 is 3.11. The van der Waals surface area contributed by atoms with Crippen molar-refractivity contribution in [3.63, 3.8) is 0 Å². The lowest BCUT2D eigenvalue weighted by Crippen LogP contribution is -2.39. The Kier molecular flexibility index (Phi) is 3.52. The lowest BCUT2D eigenvalue weighted by Gasteiger charge is -2.35. The number of nitrogens with one attached hydrogen (secondary N) is 1. The van der Waals surface area contributed by atoms with Crippen molar-refractivity contribution in [2.24, 2.45) is 0 Å². The Bertz CT molecular complexity index is 464. The zero-order valence-electron chi connectivity index (χ0n) is 11.1. The minimum atomic E-state index is 0.567. The predicted octanol–water partition coefficient (Wildman–Crippen LogP) is 2.69. The molecule has 0 saturated carbocycles. The van der Waals surface area contributed by atoms with Crippen molar-refractivity contribution in [3.05, 3.63) is 10.6 Å². The molecule has 2 unspecified atom stereocenters. The fourth-order valence-corrected chi connectivity index (χ4v) is 3.85. The monoisotopic (exact) mass is 266 g/mol. The smallest absolute Gasteiger partial charge is 0.195 e. The number of hydrogen-bond donors (Lipinski definition) is 1. The van der Waals surface area contributed by atoms with E-state index < -0.39 is 0 Å². The van der Waals surface area contributed by atoms with Crippen molar-refractivity contribution >= 4 is 12.2 Å². The SMILES string of the molecule is CCCc1n[nH]c(=S)n1C1CCN2CCCC2C1. The van der Waals surface area contributed by atoms with Crippen molar-refractivity contribution in [2.45, 2.75) is 57.5 Å². The van der Waals surface area contributed by atoms with Gasteiger partial charge in [0, 0.05) is 25.0 Å².